The van der Waals surface area contributed by atoms with E-state index in [0.717, 1.165) is 64.2 Å². The molecule has 0 aromatic heterocycles. The number of allylic oxidation sites excluding steroid dienone is 11. The van der Waals surface area contributed by atoms with Crippen LogP contribution in [0.3, 0.4) is 0 Å². The molecule has 14 nitrogen and oxygen atoms in total. The summed E-state index contributed by atoms with van der Waals surface area (Å²) in [6.45, 7) is 2.59. The molecule has 0 aromatic rings. The fraction of sp³-hybridized carbons (Fsp3) is 0.776. The van der Waals surface area contributed by atoms with Gasteiger partial charge in [0.1, 0.15) is 48.8 Å². The maximum absolute atomic E-state index is 13.2. The normalized spacial score (nSPS) is 26.1. The maximum Gasteiger partial charge on any atom is 0.220 e. The number of ether oxygens (including phenoxy) is 4. The van der Waals surface area contributed by atoms with Crippen molar-refractivity contribution in [1.29, 1.82) is 0 Å². The van der Waals surface area contributed by atoms with Crippen LogP contribution in [0.4, 0.5) is 0 Å². The molecule has 2 aliphatic heterocycles. The lowest BCUT2D eigenvalue weighted by Gasteiger charge is -2.46. The van der Waals surface area contributed by atoms with E-state index in [1.807, 2.05) is 6.08 Å². The lowest BCUT2D eigenvalue weighted by Crippen LogP contribution is -2.65. The summed E-state index contributed by atoms with van der Waals surface area (Å²) in [6, 6.07) is -0.931. The van der Waals surface area contributed by atoms with Crippen molar-refractivity contribution in [3.63, 3.8) is 0 Å². The van der Waals surface area contributed by atoms with E-state index >= 15 is 0 Å². The van der Waals surface area contributed by atoms with E-state index in [2.05, 4.69) is 79.9 Å². The summed E-state index contributed by atoms with van der Waals surface area (Å²) >= 11 is 0. The molecule has 2 heterocycles. The van der Waals surface area contributed by atoms with Crippen LogP contribution in [0, 0.1) is 0 Å². The second-order valence-corrected chi connectivity index (χ2v) is 19.7. The van der Waals surface area contributed by atoms with Crippen LogP contribution in [-0.2, 0) is 23.7 Å². The number of carbonyl (C=O) groups excluding carboxylic acids is 1. The van der Waals surface area contributed by atoms with E-state index in [1.54, 1.807) is 6.08 Å². The number of carbonyl (C=O) groups is 1. The molecule has 0 saturated carbocycles. The van der Waals surface area contributed by atoms with Crippen LogP contribution in [0.2, 0.25) is 0 Å². The summed E-state index contributed by atoms with van der Waals surface area (Å²) in [7, 11) is 0. The molecule has 416 valence electrons. The number of unbranched alkanes of at least 4 members (excludes halogenated alkanes) is 20. The molecule has 2 rings (SSSR count). The molecule has 0 radical (unpaired) electrons. The summed E-state index contributed by atoms with van der Waals surface area (Å²) < 4.78 is 22.7. The first-order valence-electron chi connectivity index (χ1n) is 28.2. The van der Waals surface area contributed by atoms with Gasteiger partial charge in [0.2, 0.25) is 5.91 Å². The van der Waals surface area contributed by atoms with Gasteiger partial charge in [-0.25, -0.2) is 0 Å². The predicted octanol–water partition coefficient (Wildman–Crippen LogP) is 8.77. The van der Waals surface area contributed by atoms with Gasteiger partial charge in [-0.15, -0.1) is 0 Å². The highest BCUT2D eigenvalue weighted by molar-refractivity contribution is 5.76. The van der Waals surface area contributed by atoms with Crippen molar-refractivity contribution < 1.29 is 64.6 Å². The third kappa shape index (κ3) is 29.5. The quantitative estimate of drug-likeness (QED) is 0.0206. The average Bonchev–Trinajstić information content (AvgIpc) is 3.38. The molecule has 9 N–H and O–H groups in total. The molecule has 14 heteroatoms. The highest BCUT2D eigenvalue weighted by atomic mass is 16.7. The molecule has 0 spiro atoms. The highest BCUT2D eigenvalue weighted by Gasteiger charge is 2.51. The van der Waals surface area contributed by atoms with E-state index in [1.165, 1.54) is 96.3 Å². The number of aliphatic hydroxyl groups excluding tert-OH is 8. The zero-order valence-corrected chi connectivity index (χ0v) is 44.4. The molecule has 2 fully saturated rings. The lowest BCUT2D eigenvalue weighted by atomic mass is 9.97. The monoisotopic (exact) mass is 1020 g/mol. The van der Waals surface area contributed by atoms with Gasteiger partial charge in [0.15, 0.2) is 12.6 Å². The van der Waals surface area contributed by atoms with Gasteiger partial charge in [0.25, 0.3) is 0 Å². The van der Waals surface area contributed by atoms with Crippen molar-refractivity contribution in [2.75, 3.05) is 19.8 Å². The van der Waals surface area contributed by atoms with Gasteiger partial charge in [0.05, 0.1) is 32.0 Å². The minimum atomic E-state index is -1.79. The molecular formula is C58H101NO13. The van der Waals surface area contributed by atoms with Crippen LogP contribution in [0.5, 0.6) is 0 Å². The third-order valence-corrected chi connectivity index (χ3v) is 13.4. The summed E-state index contributed by atoms with van der Waals surface area (Å²) in [5, 5.41) is 86.7. The number of aliphatic hydroxyl groups is 8. The standard InChI is InChI=1S/C58H101NO13/c1-3-5-7-9-11-13-14-15-16-17-18-19-20-21-22-23-24-25-26-27-28-29-30-31-32-34-36-38-40-42-50(63)59-46(47(62)41-39-37-35-33-12-10-8-6-4-2)45-69-57-55(68)53(66)56(49(44-61)71-57)72-58-54(67)52(65)51(64)48(43-60)70-58/h5,7,11-13,15-16,18-19,33,39,41,46-49,51-58,60-62,64-68H,3-4,6,8-10,14,17,20-32,34-38,40,42-45H2,1-2H3,(H,59,63)/b7-5-,13-11-,16-15-,19-18-,33-12+,41-39+. The summed E-state index contributed by atoms with van der Waals surface area (Å²) in [5.74, 6) is -0.254. The van der Waals surface area contributed by atoms with Gasteiger partial charge in [-0.3, -0.25) is 4.79 Å². The summed E-state index contributed by atoms with van der Waals surface area (Å²) in [5.41, 5.74) is 0. The van der Waals surface area contributed by atoms with E-state index in [9.17, 15) is 45.6 Å². The maximum atomic E-state index is 13.2. The Morgan fingerprint density at radius 1 is 0.514 bits per heavy atom. The number of hydrogen-bond donors (Lipinski definition) is 9. The number of nitrogens with one attached hydrogen (secondary N) is 1. The zero-order chi connectivity index (χ0) is 52.4. The molecule has 2 saturated heterocycles. The fourth-order valence-corrected chi connectivity index (χ4v) is 8.83. The largest absolute Gasteiger partial charge is 0.394 e. The zero-order valence-electron chi connectivity index (χ0n) is 44.4. The molecule has 12 unspecified atom stereocenters. The Bertz CT molecular complexity index is 1480. The van der Waals surface area contributed by atoms with Crippen LogP contribution >= 0.6 is 0 Å². The first-order chi connectivity index (χ1) is 35.1. The van der Waals surface area contributed by atoms with Crippen molar-refractivity contribution in [3.05, 3.63) is 72.9 Å². The van der Waals surface area contributed by atoms with Crippen LogP contribution in [-0.4, -0.2) is 140 Å². The molecule has 2 aliphatic rings. The second kappa shape index (κ2) is 43.6. The molecule has 0 aliphatic carbocycles. The Labute approximate surface area is 434 Å². The van der Waals surface area contributed by atoms with Gasteiger partial charge in [-0.1, -0.05) is 189 Å². The highest BCUT2D eigenvalue weighted by Crippen LogP contribution is 2.30. The van der Waals surface area contributed by atoms with Crippen molar-refractivity contribution in [3.8, 4) is 0 Å². The topological polar surface area (TPSA) is 228 Å². The van der Waals surface area contributed by atoms with E-state index < -0.39 is 86.8 Å². The van der Waals surface area contributed by atoms with Gasteiger partial charge in [-0.2, -0.15) is 0 Å². The fourth-order valence-electron chi connectivity index (χ4n) is 8.83. The van der Waals surface area contributed by atoms with E-state index in [4.69, 9.17) is 18.9 Å². The lowest BCUT2D eigenvalue weighted by molar-refractivity contribution is -0.359. The SMILES string of the molecule is CC/C=C\C/C=C\C/C=C\C/C=C\CCCCCCCCCCCCCCCCCCC(=O)NC(COC1OC(CO)C(OC2OC(CO)C(O)C(O)C2O)C(O)C1O)C(O)/C=C/CC/C=C/CCCCC. The van der Waals surface area contributed by atoms with Gasteiger partial charge in [0, 0.05) is 6.42 Å². The first-order valence-corrected chi connectivity index (χ1v) is 28.2. The van der Waals surface area contributed by atoms with Crippen molar-refractivity contribution in [2.24, 2.45) is 0 Å². The van der Waals surface area contributed by atoms with E-state index in [-0.39, 0.29) is 18.9 Å². The van der Waals surface area contributed by atoms with Crippen molar-refractivity contribution >= 4 is 5.91 Å². The minimum Gasteiger partial charge on any atom is -0.394 e. The van der Waals surface area contributed by atoms with E-state index in [0.29, 0.717) is 12.8 Å². The van der Waals surface area contributed by atoms with Crippen LogP contribution in [0.25, 0.3) is 0 Å². The van der Waals surface area contributed by atoms with Crippen LogP contribution in [0.1, 0.15) is 194 Å². The predicted molar refractivity (Wildman–Crippen MR) is 286 cm³/mol. The van der Waals surface area contributed by atoms with Gasteiger partial charge >= 0.3 is 0 Å². The Hall–Kier alpha value is -2.57. The third-order valence-electron chi connectivity index (χ3n) is 13.4. The molecule has 0 bridgehead atoms. The summed E-state index contributed by atoms with van der Waals surface area (Å²) in [4.78, 5) is 13.2. The molecular weight excluding hydrogens is 919 g/mol. The Morgan fingerprint density at radius 2 is 0.972 bits per heavy atom. The van der Waals surface area contributed by atoms with Crippen LogP contribution < -0.4 is 5.32 Å². The number of amides is 1. The molecule has 1 amide bonds. The molecule has 72 heavy (non-hydrogen) atoms. The molecule has 12 atom stereocenters. The smallest absolute Gasteiger partial charge is 0.220 e. The Balaban J connectivity index is 1.66. The van der Waals surface area contributed by atoms with Crippen molar-refractivity contribution in [2.45, 2.75) is 267 Å². The second-order valence-electron chi connectivity index (χ2n) is 19.7. The average molecular weight is 1020 g/mol. The van der Waals surface area contributed by atoms with Gasteiger partial charge in [-0.05, 0) is 70.6 Å². The van der Waals surface area contributed by atoms with Crippen LogP contribution in [0.15, 0.2) is 72.9 Å². The Morgan fingerprint density at radius 3 is 1.53 bits per heavy atom. The minimum absolute atomic E-state index is 0.254. The number of hydrogen-bond acceptors (Lipinski definition) is 13. The number of rotatable bonds is 43. The first kappa shape index (κ1) is 65.5. The van der Waals surface area contributed by atoms with Gasteiger partial charge < -0.3 is 65.1 Å². The molecule has 0 aromatic carbocycles. The summed E-state index contributed by atoms with van der Waals surface area (Å²) in [6.07, 6.45) is 39.8. The van der Waals surface area contributed by atoms with Crippen molar-refractivity contribution in [1.82, 2.24) is 5.32 Å². The Kier molecular flexibility index (Phi) is 39.7.